The highest BCUT2D eigenvalue weighted by atomic mass is 35.5. The molecule has 1 amide bonds. The first-order valence-electron chi connectivity index (χ1n) is 7.07. The second kappa shape index (κ2) is 6.26. The fraction of sp³-hybridized carbons (Fsp3) is 0.188. The lowest BCUT2D eigenvalue weighted by atomic mass is 10.1. The van der Waals surface area contributed by atoms with Crippen LogP contribution >= 0.6 is 11.6 Å². The van der Waals surface area contributed by atoms with E-state index in [9.17, 15) is 4.79 Å². The van der Waals surface area contributed by atoms with Crippen molar-refractivity contribution in [3.63, 3.8) is 0 Å². The number of benzene rings is 1. The first-order chi connectivity index (χ1) is 11.0. The molecule has 118 valence electrons. The molecule has 3 rings (SSSR count). The van der Waals surface area contributed by atoms with Gasteiger partial charge in [0.05, 0.1) is 11.9 Å². The van der Waals surface area contributed by atoms with Crippen LogP contribution in [0.15, 0.2) is 42.7 Å². The van der Waals surface area contributed by atoms with Gasteiger partial charge >= 0.3 is 0 Å². The molecule has 1 N–H and O–H groups in total. The average molecular weight is 330 g/mol. The molecule has 1 aromatic carbocycles. The van der Waals surface area contributed by atoms with Crippen LogP contribution in [0.25, 0.3) is 11.3 Å². The molecule has 0 saturated heterocycles. The first kappa shape index (κ1) is 15.3. The Bertz CT molecular complexity index is 821. The molecular formula is C16H16ClN5O. The van der Waals surface area contributed by atoms with Gasteiger partial charge in [-0.1, -0.05) is 23.7 Å². The van der Waals surface area contributed by atoms with Crippen molar-refractivity contribution in [1.82, 2.24) is 24.9 Å². The summed E-state index contributed by atoms with van der Waals surface area (Å²) in [6, 6.07) is 9.06. The summed E-state index contributed by atoms with van der Waals surface area (Å²) in [4.78, 5) is 14.1. The number of halogens is 1. The highest BCUT2D eigenvalue weighted by Crippen LogP contribution is 2.20. The van der Waals surface area contributed by atoms with Gasteiger partial charge in [0, 0.05) is 43.0 Å². The molecule has 0 unspecified atom stereocenters. The van der Waals surface area contributed by atoms with Crippen molar-refractivity contribution < 1.29 is 4.79 Å². The molecule has 2 aromatic heterocycles. The van der Waals surface area contributed by atoms with Crippen LogP contribution in [0.3, 0.4) is 0 Å². The predicted molar refractivity (Wildman–Crippen MR) is 88.0 cm³/mol. The lowest BCUT2D eigenvalue weighted by molar-refractivity contribution is 0.0779. The predicted octanol–water partition coefficient (Wildman–Crippen LogP) is 2.74. The van der Waals surface area contributed by atoms with Crippen molar-refractivity contribution in [2.75, 3.05) is 7.05 Å². The molecule has 0 aliphatic rings. The number of hydrogen-bond donors (Lipinski definition) is 1. The Morgan fingerprint density at radius 3 is 2.74 bits per heavy atom. The molecule has 7 heteroatoms. The Morgan fingerprint density at radius 2 is 2.09 bits per heavy atom. The van der Waals surface area contributed by atoms with Gasteiger partial charge in [0.2, 0.25) is 0 Å². The quantitative estimate of drug-likeness (QED) is 0.800. The second-order valence-corrected chi connectivity index (χ2v) is 5.79. The maximum Gasteiger partial charge on any atom is 0.271 e. The number of nitrogens with one attached hydrogen (secondary N) is 1. The Hall–Kier alpha value is -2.60. The van der Waals surface area contributed by atoms with Crippen LogP contribution < -0.4 is 0 Å². The summed E-state index contributed by atoms with van der Waals surface area (Å²) in [6.07, 6.45) is 3.63. The third-order valence-corrected chi connectivity index (χ3v) is 3.73. The number of rotatable bonds is 4. The van der Waals surface area contributed by atoms with Crippen LogP contribution in [0.1, 0.15) is 16.1 Å². The van der Waals surface area contributed by atoms with Gasteiger partial charge in [-0.2, -0.15) is 10.2 Å². The third-order valence-electron chi connectivity index (χ3n) is 3.47. The van der Waals surface area contributed by atoms with E-state index in [2.05, 4.69) is 15.3 Å². The number of H-pyrrole nitrogens is 1. The van der Waals surface area contributed by atoms with Gasteiger partial charge in [0.25, 0.3) is 5.91 Å². The van der Waals surface area contributed by atoms with Crippen LogP contribution in [0.4, 0.5) is 0 Å². The van der Waals surface area contributed by atoms with E-state index in [1.54, 1.807) is 41.0 Å². The maximum absolute atomic E-state index is 12.5. The molecule has 0 fully saturated rings. The number of carbonyl (C=O) groups is 1. The van der Waals surface area contributed by atoms with Crippen LogP contribution in [-0.4, -0.2) is 37.8 Å². The van der Waals surface area contributed by atoms with Gasteiger partial charge in [0.1, 0.15) is 5.69 Å². The van der Waals surface area contributed by atoms with Gasteiger partial charge < -0.3 is 4.90 Å². The van der Waals surface area contributed by atoms with E-state index in [1.807, 2.05) is 25.4 Å². The van der Waals surface area contributed by atoms with Crippen LogP contribution in [0.2, 0.25) is 5.02 Å². The van der Waals surface area contributed by atoms with Gasteiger partial charge in [-0.05, 0) is 18.2 Å². The summed E-state index contributed by atoms with van der Waals surface area (Å²) < 4.78 is 1.71. The average Bonchev–Trinajstić information content (AvgIpc) is 3.16. The summed E-state index contributed by atoms with van der Waals surface area (Å²) >= 11 is 5.88. The van der Waals surface area contributed by atoms with Crippen molar-refractivity contribution in [2.45, 2.75) is 6.54 Å². The van der Waals surface area contributed by atoms with Crippen molar-refractivity contribution in [3.05, 3.63) is 59.0 Å². The lowest BCUT2D eigenvalue weighted by Crippen LogP contribution is -2.26. The number of nitrogens with zero attached hydrogens (tertiary/aromatic N) is 4. The molecular weight excluding hydrogens is 314 g/mol. The molecule has 23 heavy (non-hydrogen) atoms. The molecule has 0 spiro atoms. The highest BCUT2D eigenvalue weighted by molar-refractivity contribution is 6.30. The number of amides is 1. The molecule has 0 aliphatic heterocycles. The van der Waals surface area contributed by atoms with Gasteiger partial charge in [0.15, 0.2) is 0 Å². The third kappa shape index (κ3) is 3.43. The Kier molecular flexibility index (Phi) is 4.16. The monoisotopic (exact) mass is 329 g/mol. The fourth-order valence-corrected chi connectivity index (χ4v) is 2.43. The zero-order chi connectivity index (χ0) is 16.4. The smallest absolute Gasteiger partial charge is 0.271 e. The largest absolute Gasteiger partial charge is 0.336 e. The summed E-state index contributed by atoms with van der Waals surface area (Å²) in [5, 5.41) is 11.8. The van der Waals surface area contributed by atoms with E-state index in [1.165, 1.54) is 0 Å². The minimum absolute atomic E-state index is 0.124. The maximum atomic E-state index is 12.5. The van der Waals surface area contributed by atoms with E-state index < -0.39 is 0 Å². The topological polar surface area (TPSA) is 66.8 Å². The SMILES string of the molecule is CN(Cc1cnn(C)c1)C(=O)c1cc(-c2ccc(Cl)cc2)n[nH]1. The molecule has 0 radical (unpaired) electrons. The molecule has 6 nitrogen and oxygen atoms in total. The minimum atomic E-state index is -0.124. The molecule has 0 saturated carbocycles. The van der Waals surface area contributed by atoms with E-state index in [0.29, 0.717) is 23.0 Å². The number of aromatic amines is 1. The zero-order valence-electron chi connectivity index (χ0n) is 12.8. The van der Waals surface area contributed by atoms with E-state index >= 15 is 0 Å². The van der Waals surface area contributed by atoms with E-state index in [0.717, 1.165) is 11.1 Å². The fourth-order valence-electron chi connectivity index (χ4n) is 2.30. The number of aromatic nitrogens is 4. The summed E-state index contributed by atoms with van der Waals surface area (Å²) in [5.41, 5.74) is 3.03. The number of hydrogen-bond acceptors (Lipinski definition) is 3. The second-order valence-electron chi connectivity index (χ2n) is 5.36. The Labute approximate surface area is 138 Å². The van der Waals surface area contributed by atoms with E-state index in [-0.39, 0.29) is 5.91 Å². The molecule has 0 atom stereocenters. The van der Waals surface area contributed by atoms with Crippen LogP contribution in [-0.2, 0) is 13.6 Å². The Morgan fingerprint density at radius 1 is 1.35 bits per heavy atom. The van der Waals surface area contributed by atoms with Crippen molar-refractivity contribution >= 4 is 17.5 Å². The number of aryl methyl sites for hydroxylation is 1. The minimum Gasteiger partial charge on any atom is -0.336 e. The van der Waals surface area contributed by atoms with Crippen molar-refractivity contribution in [1.29, 1.82) is 0 Å². The van der Waals surface area contributed by atoms with Gasteiger partial charge in [-0.15, -0.1) is 0 Å². The summed E-state index contributed by atoms with van der Waals surface area (Å²) in [7, 11) is 3.59. The first-order valence-corrected chi connectivity index (χ1v) is 7.45. The molecule has 3 aromatic rings. The van der Waals surface area contributed by atoms with Crippen molar-refractivity contribution in [3.8, 4) is 11.3 Å². The molecule has 0 bridgehead atoms. The van der Waals surface area contributed by atoms with Gasteiger partial charge in [-0.25, -0.2) is 0 Å². The molecule has 2 heterocycles. The summed E-state index contributed by atoms with van der Waals surface area (Å²) in [6.45, 7) is 0.488. The zero-order valence-corrected chi connectivity index (χ0v) is 13.6. The highest BCUT2D eigenvalue weighted by Gasteiger charge is 2.16. The lowest BCUT2D eigenvalue weighted by Gasteiger charge is -2.14. The van der Waals surface area contributed by atoms with Crippen molar-refractivity contribution in [2.24, 2.45) is 7.05 Å². The van der Waals surface area contributed by atoms with Crippen LogP contribution in [0.5, 0.6) is 0 Å². The summed E-state index contributed by atoms with van der Waals surface area (Å²) in [5.74, 6) is -0.124. The number of carbonyl (C=O) groups excluding carboxylic acids is 1. The molecule has 0 aliphatic carbocycles. The standard InChI is InChI=1S/C16H16ClN5O/c1-21(9-11-8-18-22(2)10-11)16(23)15-7-14(19-20-15)12-3-5-13(17)6-4-12/h3-8,10H,9H2,1-2H3,(H,19,20). The normalized spacial score (nSPS) is 10.7. The van der Waals surface area contributed by atoms with Crippen LogP contribution in [0, 0.1) is 0 Å². The Balaban J connectivity index is 1.74. The van der Waals surface area contributed by atoms with Gasteiger partial charge in [-0.3, -0.25) is 14.6 Å². The van der Waals surface area contributed by atoms with E-state index in [4.69, 9.17) is 11.6 Å².